The molecule has 1 aromatic heterocycles. The summed E-state index contributed by atoms with van der Waals surface area (Å²) in [5, 5.41) is 5.39. The number of nitrogen functional groups attached to an aromatic ring is 1. The van der Waals surface area contributed by atoms with Crippen molar-refractivity contribution in [2.24, 2.45) is 0 Å². The van der Waals surface area contributed by atoms with Crippen LogP contribution in [0, 0.1) is 11.8 Å². The third kappa shape index (κ3) is 6.45. The number of amides is 1. The zero-order chi connectivity index (χ0) is 22.2. The topological polar surface area (TPSA) is 71.2 Å². The van der Waals surface area contributed by atoms with Gasteiger partial charge in [-0.25, -0.2) is 4.98 Å². The number of nitrogens with zero attached hydrogens (tertiary/aromatic N) is 2. The number of unbranched alkanes of at least 4 members (excludes halogenated alkanes) is 2. The summed E-state index contributed by atoms with van der Waals surface area (Å²) in [7, 11) is 4.14. The van der Waals surface area contributed by atoms with Gasteiger partial charge in [0.1, 0.15) is 5.82 Å². The summed E-state index contributed by atoms with van der Waals surface area (Å²) in [6.45, 7) is 1.76. The van der Waals surface area contributed by atoms with E-state index in [2.05, 4.69) is 41.1 Å². The lowest BCUT2D eigenvalue weighted by Crippen LogP contribution is -2.24. The Balaban J connectivity index is 1.63. The molecule has 0 atom stereocenters. The molecule has 0 bridgehead atoms. The van der Waals surface area contributed by atoms with E-state index in [4.69, 9.17) is 17.3 Å². The van der Waals surface area contributed by atoms with Crippen LogP contribution in [0.5, 0.6) is 0 Å². The van der Waals surface area contributed by atoms with Crippen molar-refractivity contribution in [3.63, 3.8) is 0 Å². The SMILES string of the molecule is CN(C)CCCCCNC(=O)c1ccc(C#Cc2c(N)ncc3ccc(Cl)cc23)cc1. The van der Waals surface area contributed by atoms with Gasteiger partial charge in [0, 0.05) is 39.7 Å². The molecular formula is C25H27ClN4O. The number of hydrogen-bond donors (Lipinski definition) is 2. The van der Waals surface area contributed by atoms with Crippen LogP contribution in [-0.4, -0.2) is 43.0 Å². The molecule has 1 amide bonds. The first-order valence-electron chi connectivity index (χ1n) is 10.3. The highest BCUT2D eigenvalue weighted by atomic mass is 35.5. The van der Waals surface area contributed by atoms with E-state index in [1.165, 1.54) is 0 Å². The van der Waals surface area contributed by atoms with Crippen molar-refractivity contribution in [2.75, 3.05) is 32.9 Å². The minimum Gasteiger partial charge on any atom is -0.383 e. The second-order valence-corrected chi connectivity index (χ2v) is 8.13. The second kappa shape index (κ2) is 10.8. The van der Waals surface area contributed by atoms with E-state index in [9.17, 15) is 4.79 Å². The molecule has 6 heteroatoms. The van der Waals surface area contributed by atoms with E-state index in [0.717, 1.165) is 42.1 Å². The number of nitrogens with two attached hydrogens (primary N) is 1. The van der Waals surface area contributed by atoms with Crippen LogP contribution in [0.4, 0.5) is 5.82 Å². The lowest BCUT2D eigenvalue weighted by atomic mass is 10.1. The number of pyridine rings is 1. The Morgan fingerprint density at radius 3 is 2.61 bits per heavy atom. The van der Waals surface area contributed by atoms with Gasteiger partial charge in [-0.15, -0.1) is 0 Å². The largest absolute Gasteiger partial charge is 0.383 e. The van der Waals surface area contributed by atoms with Crippen LogP contribution in [0.3, 0.4) is 0 Å². The van der Waals surface area contributed by atoms with Gasteiger partial charge in [-0.05, 0) is 69.9 Å². The fourth-order valence-corrected chi connectivity index (χ4v) is 3.38. The van der Waals surface area contributed by atoms with E-state index in [0.29, 0.717) is 28.5 Å². The van der Waals surface area contributed by atoms with Gasteiger partial charge >= 0.3 is 0 Å². The minimum absolute atomic E-state index is 0.0655. The third-order valence-electron chi connectivity index (χ3n) is 4.93. The van der Waals surface area contributed by atoms with Gasteiger partial charge in [0.25, 0.3) is 5.91 Å². The van der Waals surface area contributed by atoms with E-state index in [-0.39, 0.29) is 5.91 Å². The molecule has 0 aliphatic carbocycles. The molecule has 0 aliphatic rings. The highest BCUT2D eigenvalue weighted by Gasteiger charge is 2.06. The number of nitrogens with one attached hydrogen (secondary N) is 1. The molecule has 0 radical (unpaired) electrons. The maximum absolute atomic E-state index is 12.3. The number of hydrogen-bond acceptors (Lipinski definition) is 4. The summed E-state index contributed by atoms with van der Waals surface area (Å²) >= 11 is 6.13. The Morgan fingerprint density at radius 2 is 1.87 bits per heavy atom. The number of carbonyl (C=O) groups excluding carboxylic acids is 1. The number of anilines is 1. The van der Waals surface area contributed by atoms with Crippen LogP contribution in [-0.2, 0) is 0 Å². The van der Waals surface area contributed by atoms with Crippen molar-refractivity contribution in [2.45, 2.75) is 19.3 Å². The predicted octanol–water partition coefficient (Wildman–Crippen LogP) is 4.33. The lowest BCUT2D eigenvalue weighted by Gasteiger charge is -2.09. The monoisotopic (exact) mass is 434 g/mol. The Morgan fingerprint density at radius 1 is 1.10 bits per heavy atom. The maximum atomic E-state index is 12.3. The first-order chi connectivity index (χ1) is 14.9. The van der Waals surface area contributed by atoms with Crippen LogP contribution in [0.1, 0.15) is 40.7 Å². The van der Waals surface area contributed by atoms with Gasteiger partial charge in [-0.1, -0.05) is 35.9 Å². The predicted molar refractivity (Wildman–Crippen MR) is 128 cm³/mol. The molecule has 0 unspecified atom stereocenters. The van der Waals surface area contributed by atoms with Crippen LogP contribution in [0.2, 0.25) is 5.02 Å². The molecule has 160 valence electrons. The highest BCUT2D eigenvalue weighted by molar-refractivity contribution is 6.31. The third-order valence-corrected chi connectivity index (χ3v) is 5.17. The smallest absolute Gasteiger partial charge is 0.251 e. The Bertz CT molecular complexity index is 1110. The Hall–Kier alpha value is -3.07. The lowest BCUT2D eigenvalue weighted by molar-refractivity contribution is 0.0953. The summed E-state index contributed by atoms with van der Waals surface area (Å²) in [5.41, 5.74) is 8.11. The van der Waals surface area contributed by atoms with Gasteiger partial charge in [0.2, 0.25) is 0 Å². The van der Waals surface area contributed by atoms with Gasteiger partial charge in [-0.2, -0.15) is 0 Å². The van der Waals surface area contributed by atoms with Crippen molar-refractivity contribution < 1.29 is 4.79 Å². The number of carbonyl (C=O) groups is 1. The van der Waals surface area contributed by atoms with Crippen LogP contribution in [0.25, 0.3) is 10.8 Å². The van der Waals surface area contributed by atoms with Gasteiger partial charge in [-0.3, -0.25) is 4.79 Å². The average molecular weight is 435 g/mol. The summed E-state index contributed by atoms with van der Waals surface area (Å²) in [6, 6.07) is 12.8. The molecule has 5 nitrogen and oxygen atoms in total. The molecule has 1 heterocycles. The second-order valence-electron chi connectivity index (χ2n) is 7.70. The molecule has 3 rings (SSSR count). The first kappa shape index (κ1) is 22.6. The quantitative estimate of drug-likeness (QED) is 0.429. The Labute approximate surface area is 188 Å². The first-order valence-corrected chi connectivity index (χ1v) is 10.7. The fraction of sp³-hybridized carbons (Fsp3) is 0.280. The number of fused-ring (bicyclic) bond motifs is 1. The molecular weight excluding hydrogens is 408 g/mol. The highest BCUT2D eigenvalue weighted by Crippen LogP contribution is 2.24. The number of rotatable bonds is 7. The van der Waals surface area contributed by atoms with E-state index in [1.807, 2.05) is 30.3 Å². The van der Waals surface area contributed by atoms with Crippen molar-refractivity contribution in [3.8, 4) is 11.8 Å². The number of benzene rings is 2. The molecule has 0 spiro atoms. The van der Waals surface area contributed by atoms with Crippen LogP contribution < -0.4 is 11.1 Å². The molecule has 3 N–H and O–H groups in total. The van der Waals surface area contributed by atoms with Crippen molar-refractivity contribution >= 4 is 34.1 Å². The van der Waals surface area contributed by atoms with Gasteiger partial charge < -0.3 is 16.0 Å². The molecule has 0 fully saturated rings. The average Bonchev–Trinajstić information content (AvgIpc) is 2.75. The Kier molecular flexibility index (Phi) is 7.88. The zero-order valence-corrected chi connectivity index (χ0v) is 18.7. The molecule has 0 saturated heterocycles. The van der Waals surface area contributed by atoms with Crippen molar-refractivity contribution in [3.05, 3.63) is 70.4 Å². The number of aromatic nitrogens is 1. The fourth-order valence-electron chi connectivity index (χ4n) is 3.20. The molecule has 0 saturated carbocycles. The van der Waals surface area contributed by atoms with Crippen LogP contribution in [0.15, 0.2) is 48.7 Å². The van der Waals surface area contributed by atoms with E-state index >= 15 is 0 Å². The standard InChI is InChI=1S/C25H27ClN4O/c1-30(2)15-5-3-4-14-28-25(31)19-9-6-18(7-10-19)8-13-22-23-16-21(26)12-11-20(23)17-29-24(22)27/h6-7,9-12,16-17H,3-5,14-15H2,1-2H3,(H2,27,29)(H,28,31). The van der Waals surface area contributed by atoms with E-state index < -0.39 is 0 Å². The van der Waals surface area contributed by atoms with Gasteiger partial charge in [0.05, 0.1) is 5.56 Å². The summed E-state index contributed by atoms with van der Waals surface area (Å²) in [6.07, 6.45) is 4.93. The summed E-state index contributed by atoms with van der Waals surface area (Å²) in [5.74, 6) is 6.52. The zero-order valence-electron chi connectivity index (χ0n) is 17.9. The maximum Gasteiger partial charge on any atom is 0.251 e. The molecule has 31 heavy (non-hydrogen) atoms. The van der Waals surface area contributed by atoms with Crippen molar-refractivity contribution in [1.82, 2.24) is 15.2 Å². The van der Waals surface area contributed by atoms with Crippen LogP contribution >= 0.6 is 11.6 Å². The normalized spacial score (nSPS) is 10.7. The molecule has 3 aromatic rings. The summed E-state index contributed by atoms with van der Waals surface area (Å²) < 4.78 is 0. The minimum atomic E-state index is -0.0655. The van der Waals surface area contributed by atoms with Crippen molar-refractivity contribution in [1.29, 1.82) is 0 Å². The molecule has 0 aliphatic heterocycles. The van der Waals surface area contributed by atoms with Gasteiger partial charge in [0.15, 0.2) is 0 Å². The molecule has 2 aromatic carbocycles. The van der Waals surface area contributed by atoms with E-state index in [1.54, 1.807) is 18.3 Å². The summed E-state index contributed by atoms with van der Waals surface area (Å²) in [4.78, 5) is 18.7. The number of halogens is 1.